The van der Waals surface area contributed by atoms with E-state index < -0.39 is 5.97 Å². The van der Waals surface area contributed by atoms with Crippen molar-refractivity contribution in [2.75, 3.05) is 0 Å². The average Bonchev–Trinajstić information content (AvgIpc) is 2.29. The summed E-state index contributed by atoms with van der Waals surface area (Å²) in [4.78, 5) is 21.8. The Morgan fingerprint density at radius 3 is 2.56 bits per heavy atom. The van der Waals surface area contributed by atoms with Crippen molar-refractivity contribution in [3.63, 3.8) is 0 Å². The number of nitrogens with one attached hydrogen (secondary N) is 2. The van der Waals surface area contributed by atoms with E-state index in [9.17, 15) is 9.59 Å². The lowest BCUT2D eigenvalue weighted by Gasteiger charge is -2.14. The molecule has 1 amide bonds. The maximum Gasteiger partial charge on any atom is 0.303 e. The minimum absolute atomic E-state index is 0.000848. The Bertz CT molecular complexity index is 424. The fourth-order valence-corrected chi connectivity index (χ4v) is 1.61. The Balaban J connectivity index is 2.37. The van der Waals surface area contributed by atoms with E-state index in [4.69, 9.17) is 16.2 Å². The minimum Gasteiger partial charge on any atom is -0.481 e. The standard InChI is InChI=1S/C12H17N3O3/c13-12(14)8-4-6-9(7-5-8)15-10(16)2-1-3-11(17)18/h4,6H,1-3,5,7H2,(H3,13,14)(H,15,16)(H,17,18). The highest BCUT2D eigenvalue weighted by molar-refractivity contribution is 5.95. The van der Waals surface area contributed by atoms with Crippen LogP contribution in [0.1, 0.15) is 32.1 Å². The Morgan fingerprint density at radius 1 is 1.33 bits per heavy atom. The van der Waals surface area contributed by atoms with Gasteiger partial charge in [0.15, 0.2) is 0 Å². The number of nitrogens with two attached hydrogens (primary N) is 1. The summed E-state index contributed by atoms with van der Waals surface area (Å²) >= 11 is 0. The van der Waals surface area contributed by atoms with Crippen LogP contribution in [-0.2, 0) is 9.59 Å². The highest BCUT2D eigenvalue weighted by atomic mass is 16.4. The summed E-state index contributed by atoms with van der Waals surface area (Å²) in [6.45, 7) is 0. The van der Waals surface area contributed by atoms with E-state index >= 15 is 0 Å². The first-order chi connectivity index (χ1) is 8.49. The minimum atomic E-state index is -0.895. The molecule has 0 aromatic heterocycles. The van der Waals surface area contributed by atoms with Crippen LogP contribution >= 0.6 is 0 Å². The van der Waals surface area contributed by atoms with Gasteiger partial charge in [0.2, 0.25) is 5.91 Å². The second kappa shape index (κ2) is 6.58. The van der Waals surface area contributed by atoms with Crippen LogP contribution in [0.5, 0.6) is 0 Å². The lowest BCUT2D eigenvalue weighted by molar-refractivity contribution is -0.137. The highest BCUT2D eigenvalue weighted by Gasteiger charge is 2.11. The molecule has 0 radical (unpaired) electrons. The average molecular weight is 251 g/mol. The fourth-order valence-electron chi connectivity index (χ4n) is 1.61. The van der Waals surface area contributed by atoms with Gasteiger partial charge >= 0.3 is 5.97 Å². The summed E-state index contributed by atoms with van der Waals surface area (Å²) in [6, 6.07) is 0. The Kier molecular flexibility index (Phi) is 5.10. The molecule has 0 heterocycles. The van der Waals surface area contributed by atoms with Crippen LogP contribution in [-0.4, -0.2) is 22.8 Å². The molecule has 0 aromatic rings. The van der Waals surface area contributed by atoms with Crippen molar-refractivity contribution in [3.05, 3.63) is 23.4 Å². The Labute approximate surface area is 105 Å². The molecule has 0 spiro atoms. The van der Waals surface area contributed by atoms with Gasteiger partial charge in [0.1, 0.15) is 5.84 Å². The maximum atomic E-state index is 11.5. The zero-order valence-electron chi connectivity index (χ0n) is 10.0. The number of amides is 1. The molecule has 6 nitrogen and oxygen atoms in total. The van der Waals surface area contributed by atoms with Crippen molar-refractivity contribution >= 4 is 17.7 Å². The van der Waals surface area contributed by atoms with Gasteiger partial charge in [-0.05, 0) is 30.9 Å². The lowest BCUT2D eigenvalue weighted by atomic mass is 10.0. The summed E-state index contributed by atoms with van der Waals surface area (Å²) in [7, 11) is 0. The van der Waals surface area contributed by atoms with Gasteiger partial charge in [0.25, 0.3) is 0 Å². The Hall–Kier alpha value is -2.11. The quantitative estimate of drug-likeness (QED) is 0.414. The molecule has 1 aliphatic rings. The molecular weight excluding hydrogens is 234 g/mol. The number of carbonyl (C=O) groups is 2. The van der Waals surface area contributed by atoms with Gasteiger partial charge in [-0.1, -0.05) is 6.08 Å². The van der Waals surface area contributed by atoms with E-state index in [2.05, 4.69) is 5.32 Å². The van der Waals surface area contributed by atoms with E-state index in [1.165, 1.54) is 0 Å². The highest BCUT2D eigenvalue weighted by Crippen LogP contribution is 2.16. The monoisotopic (exact) mass is 251 g/mol. The van der Waals surface area contributed by atoms with Gasteiger partial charge in [-0.25, -0.2) is 0 Å². The third kappa shape index (κ3) is 4.82. The van der Waals surface area contributed by atoms with Crippen LogP contribution < -0.4 is 11.1 Å². The molecule has 18 heavy (non-hydrogen) atoms. The molecular formula is C12H17N3O3. The van der Waals surface area contributed by atoms with Crippen molar-refractivity contribution < 1.29 is 14.7 Å². The molecule has 0 bridgehead atoms. The zero-order chi connectivity index (χ0) is 13.5. The van der Waals surface area contributed by atoms with Crippen LogP contribution in [0.4, 0.5) is 0 Å². The number of carbonyl (C=O) groups excluding carboxylic acids is 1. The number of allylic oxidation sites excluding steroid dienone is 3. The summed E-state index contributed by atoms with van der Waals surface area (Å²) < 4.78 is 0. The molecule has 0 saturated carbocycles. The zero-order valence-corrected chi connectivity index (χ0v) is 10.0. The molecule has 0 aromatic carbocycles. The maximum absolute atomic E-state index is 11.5. The summed E-state index contributed by atoms with van der Waals surface area (Å²) in [6.07, 6.45) is 5.26. The van der Waals surface area contributed by atoms with E-state index in [-0.39, 0.29) is 24.6 Å². The number of carboxylic acids is 1. The van der Waals surface area contributed by atoms with E-state index in [1.54, 1.807) is 12.2 Å². The molecule has 0 unspecified atom stereocenters. The van der Waals surface area contributed by atoms with Crippen LogP contribution in [0.3, 0.4) is 0 Å². The Morgan fingerprint density at radius 2 is 2.06 bits per heavy atom. The van der Waals surface area contributed by atoms with Crippen molar-refractivity contribution in [2.45, 2.75) is 32.1 Å². The smallest absolute Gasteiger partial charge is 0.303 e. The third-order valence-corrected chi connectivity index (χ3v) is 2.59. The van der Waals surface area contributed by atoms with Crippen molar-refractivity contribution in [2.24, 2.45) is 5.73 Å². The predicted molar refractivity (Wildman–Crippen MR) is 66.9 cm³/mol. The largest absolute Gasteiger partial charge is 0.481 e. The molecule has 0 fully saturated rings. The van der Waals surface area contributed by atoms with E-state index in [1.807, 2.05) is 0 Å². The molecule has 98 valence electrons. The van der Waals surface area contributed by atoms with Gasteiger partial charge in [-0.3, -0.25) is 15.0 Å². The number of carboxylic acid groups (broad SMARTS) is 1. The van der Waals surface area contributed by atoms with Crippen molar-refractivity contribution in [3.8, 4) is 0 Å². The topological polar surface area (TPSA) is 116 Å². The molecule has 1 rings (SSSR count). The van der Waals surface area contributed by atoms with Gasteiger partial charge < -0.3 is 16.2 Å². The first-order valence-electron chi connectivity index (χ1n) is 5.75. The third-order valence-electron chi connectivity index (χ3n) is 2.59. The number of hydrogen-bond acceptors (Lipinski definition) is 3. The van der Waals surface area contributed by atoms with E-state index in [0.717, 1.165) is 11.3 Å². The first kappa shape index (κ1) is 14.0. The second-order valence-electron chi connectivity index (χ2n) is 4.09. The van der Waals surface area contributed by atoms with Crippen LogP contribution in [0.25, 0.3) is 0 Å². The number of amidine groups is 1. The molecule has 0 atom stereocenters. The second-order valence-corrected chi connectivity index (χ2v) is 4.09. The summed E-state index contributed by atoms with van der Waals surface area (Å²) in [5, 5.41) is 18.4. The van der Waals surface area contributed by atoms with Crippen molar-refractivity contribution in [1.29, 1.82) is 5.41 Å². The molecule has 5 N–H and O–H groups in total. The van der Waals surface area contributed by atoms with E-state index in [0.29, 0.717) is 19.3 Å². The van der Waals surface area contributed by atoms with Crippen LogP contribution in [0.2, 0.25) is 0 Å². The van der Waals surface area contributed by atoms with Gasteiger partial charge in [0.05, 0.1) is 0 Å². The van der Waals surface area contributed by atoms with Crippen molar-refractivity contribution in [1.82, 2.24) is 5.32 Å². The van der Waals surface area contributed by atoms with Gasteiger partial charge in [0, 0.05) is 18.5 Å². The molecule has 1 aliphatic carbocycles. The van der Waals surface area contributed by atoms with Gasteiger partial charge in [-0.15, -0.1) is 0 Å². The number of aliphatic carboxylic acids is 1. The lowest BCUT2D eigenvalue weighted by Crippen LogP contribution is -2.24. The molecule has 6 heteroatoms. The van der Waals surface area contributed by atoms with Gasteiger partial charge in [-0.2, -0.15) is 0 Å². The number of rotatable bonds is 6. The fraction of sp³-hybridized carbons (Fsp3) is 0.417. The van der Waals surface area contributed by atoms with Crippen LogP contribution in [0.15, 0.2) is 23.4 Å². The molecule has 0 saturated heterocycles. The first-order valence-corrected chi connectivity index (χ1v) is 5.75. The normalized spacial score (nSPS) is 14.4. The van der Waals surface area contributed by atoms with Crippen LogP contribution in [0, 0.1) is 5.41 Å². The summed E-state index contributed by atoms with van der Waals surface area (Å²) in [5.41, 5.74) is 6.89. The summed E-state index contributed by atoms with van der Waals surface area (Å²) in [5.74, 6) is -1.02. The SMILES string of the molecule is N=C(N)C1=CC=C(NC(=O)CCCC(=O)O)CC1. The molecule has 0 aliphatic heterocycles. The predicted octanol–water partition coefficient (Wildman–Crippen LogP) is 0.898. The number of hydrogen-bond donors (Lipinski definition) is 4.